The number of thiol groups is 1. The number of amides is 6. The maximum absolute atomic E-state index is 13.9. The Balaban J connectivity index is 3.34. The molecule has 1 fully saturated rings. The third-order valence-electron chi connectivity index (χ3n) is 9.21. The second-order valence-corrected chi connectivity index (χ2v) is 14.7. The molecule has 18 nitrogen and oxygen atoms in total. The molecule has 0 aliphatic heterocycles. The van der Waals surface area contributed by atoms with Gasteiger partial charge in [0.15, 0.2) is 0 Å². The van der Waals surface area contributed by atoms with Crippen LogP contribution in [0, 0.1) is 17.8 Å². The largest absolute Gasteiger partial charge is 0.481 e. The number of nitrogens with one attached hydrogen (secondary N) is 6. The summed E-state index contributed by atoms with van der Waals surface area (Å²) < 4.78 is 0. The van der Waals surface area contributed by atoms with Crippen molar-refractivity contribution < 1.29 is 58.5 Å². The quantitative estimate of drug-likeness (QED) is 0.0593. The highest BCUT2D eigenvalue weighted by Crippen LogP contribution is 2.27. The summed E-state index contributed by atoms with van der Waals surface area (Å²) in [5.41, 5.74) is 0. The van der Waals surface area contributed by atoms with Gasteiger partial charge in [0.2, 0.25) is 35.4 Å². The Hall–Kier alpha value is -4.42. The van der Waals surface area contributed by atoms with Gasteiger partial charge in [-0.2, -0.15) is 12.6 Å². The van der Waals surface area contributed by atoms with Crippen LogP contribution >= 0.6 is 12.6 Å². The van der Waals surface area contributed by atoms with Gasteiger partial charge in [-0.15, -0.1) is 0 Å². The van der Waals surface area contributed by atoms with Crippen LogP contribution in [-0.4, -0.2) is 111 Å². The molecule has 7 unspecified atom stereocenters. The van der Waals surface area contributed by atoms with E-state index in [1.54, 1.807) is 27.7 Å². The van der Waals surface area contributed by atoms with Gasteiger partial charge in [-0.1, -0.05) is 66.2 Å². The zero-order valence-corrected chi connectivity index (χ0v) is 32.5. The van der Waals surface area contributed by atoms with Crippen LogP contribution in [0.2, 0.25) is 0 Å². The second kappa shape index (κ2) is 24.1. The lowest BCUT2D eigenvalue weighted by atomic mass is 9.84. The SMILES string of the molecule is CCC(C)C(NC(=O)C(CC(C)C)NC(=O)C(CCC(=O)O)NC(=O)C(CC(=O)O)NC(C)=O)C(=O)NC(CC1CCCCC1)C(=O)NC(CS)C(=O)O. The van der Waals surface area contributed by atoms with Crippen molar-refractivity contribution in [3.8, 4) is 0 Å². The van der Waals surface area contributed by atoms with E-state index in [1.165, 1.54) is 0 Å². The molecule has 0 saturated heterocycles. The Kier molecular flexibility index (Phi) is 21.2. The molecule has 1 rings (SSSR count). The molecule has 0 heterocycles. The fourth-order valence-electron chi connectivity index (χ4n) is 6.08. The summed E-state index contributed by atoms with van der Waals surface area (Å²) in [7, 11) is 0. The number of carboxylic acids is 3. The Morgan fingerprint density at radius 1 is 0.648 bits per heavy atom. The van der Waals surface area contributed by atoms with Crippen molar-refractivity contribution in [2.75, 3.05) is 5.75 Å². The van der Waals surface area contributed by atoms with E-state index in [2.05, 4.69) is 44.5 Å². The van der Waals surface area contributed by atoms with Gasteiger partial charge in [-0.05, 0) is 37.0 Å². The van der Waals surface area contributed by atoms with Crippen LogP contribution < -0.4 is 31.9 Å². The third kappa shape index (κ3) is 17.6. The first-order valence-electron chi connectivity index (χ1n) is 18.4. The van der Waals surface area contributed by atoms with Gasteiger partial charge in [-0.25, -0.2) is 4.79 Å². The zero-order chi connectivity index (χ0) is 41.1. The fraction of sp³-hybridized carbons (Fsp3) is 0.743. The van der Waals surface area contributed by atoms with E-state index < -0.39 is 115 Å². The Morgan fingerprint density at radius 3 is 1.67 bits per heavy atom. The molecule has 0 radical (unpaired) electrons. The topological polar surface area (TPSA) is 286 Å². The molecule has 0 aromatic rings. The molecule has 6 amide bonds. The van der Waals surface area contributed by atoms with Gasteiger partial charge in [0.25, 0.3) is 0 Å². The summed E-state index contributed by atoms with van der Waals surface area (Å²) in [6.45, 7) is 8.08. The molecule has 1 aliphatic rings. The summed E-state index contributed by atoms with van der Waals surface area (Å²) in [5, 5.41) is 42.8. The number of carbonyl (C=O) groups excluding carboxylic acids is 6. The molecule has 54 heavy (non-hydrogen) atoms. The first-order chi connectivity index (χ1) is 25.3. The van der Waals surface area contributed by atoms with Crippen LogP contribution in [0.4, 0.5) is 0 Å². The maximum atomic E-state index is 13.9. The normalized spacial score (nSPS) is 16.9. The van der Waals surface area contributed by atoms with Crippen molar-refractivity contribution >= 4 is 66.0 Å². The van der Waals surface area contributed by atoms with E-state index in [0.29, 0.717) is 6.42 Å². The third-order valence-corrected chi connectivity index (χ3v) is 9.57. The van der Waals surface area contributed by atoms with Crippen molar-refractivity contribution in [3.63, 3.8) is 0 Å². The molecular weight excluding hydrogens is 728 g/mol. The number of hydrogen-bond donors (Lipinski definition) is 10. The van der Waals surface area contributed by atoms with Crippen molar-refractivity contribution in [2.45, 2.75) is 141 Å². The second-order valence-electron chi connectivity index (χ2n) is 14.3. The van der Waals surface area contributed by atoms with Gasteiger partial charge >= 0.3 is 17.9 Å². The van der Waals surface area contributed by atoms with E-state index in [4.69, 9.17) is 0 Å². The molecule has 0 spiro atoms. The average molecular weight is 787 g/mol. The standard InChI is InChI=1S/C35H58N6O12S/c1-6-19(4)29(34(51)39-24(15-21-10-8-7-9-11-21)31(48)40-26(17-54)35(52)53)41-33(50)23(14-18(2)3)38-30(47)22(12-13-27(43)44)37-32(49)25(16-28(45)46)36-20(5)42/h18-19,21-26,29,54H,6-17H2,1-5H3,(H,36,42)(H,37,49)(H,38,47)(H,39,51)(H,40,48)(H,41,50)(H,43,44)(H,45,46)(H,52,53). The van der Waals surface area contributed by atoms with E-state index >= 15 is 0 Å². The van der Waals surface area contributed by atoms with Gasteiger partial charge in [-0.3, -0.25) is 38.4 Å². The van der Waals surface area contributed by atoms with Gasteiger partial charge in [0.1, 0.15) is 36.3 Å². The van der Waals surface area contributed by atoms with E-state index in [1.807, 2.05) is 0 Å². The number of hydrogen-bond acceptors (Lipinski definition) is 10. The summed E-state index contributed by atoms with van der Waals surface area (Å²) in [5.74, 6) is -9.70. The molecule has 0 aromatic carbocycles. The van der Waals surface area contributed by atoms with Crippen LogP contribution in [0.15, 0.2) is 0 Å². The van der Waals surface area contributed by atoms with Crippen LogP contribution in [0.3, 0.4) is 0 Å². The minimum atomic E-state index is -1.58. The van der Waals surface area contributed by atoms with Crippen molar-refractivity contribution in [1.82, 2.24) is 31.9 Å². The van der Waals surface area contributed by atoms with E-state index in [-0.39, 0.29) is 30.4 Å². The van der Waals surface area contributed by atoms with Crippen molar-refractivity contribution in [1.29, 1.82) is 0 Å². The average Bonchev–Trinajstić information content (AvgIpc) is 3.09. The number of aliphatic carboxylic acids is 3. The van der Waals surface area contributed by atoms with E-state index in [0.717, 1.165) is 39.0 Å². The van der Waals surface area contributed by atoms with Crippen molar-refractivity contribution in [3.05, 3.63) is 0 Å². The molecule has 1 saturated carbocycles. The van der Waals surface area contributed by atoms with Gasteiger partial charge < -0.3 is 47.2 Å². The highest BCUT2D eigenvalue weighted by Gasteiger charge is 2.36. The van der Waals surface area contributed by atoms with Crippen LogP contribution in [0.25, 0.3) is 0 Å². The Morgan fingerprint density at radius 2 is 1.17 bits per heavy atom. The Bertz CT molecular complexity index is 1330. The minimum absolute atomic E-state index is 0.0482. The van der Waals surface area contributed by atoms with E-state index in [9.17, 15) is 58.5 Å². The van der Waals surface area contributed by atoms with Gasteiger partial charge in [0.05, 0.1) is 6.42 Å². The lowest BCUT2D eigenvalue weighted by molar-refractivity contribution is -0.142. The predicted molar refractivity (Wildman–Crippen MR) is 198 cm³/mol. The van der Waals surface area contributed by atoms with Crippen molar-refractivity contribution in [2.24, 2.45) is 17.8 Å². The van der Waals surface area contributed by atoms with Gasteiger partial charge in [0, 0.05) is 19.1 Å². The lowest BCUT2D eigenvalue weighted by Crippen LogP contribution is -2.61. The fourth-order valence-corrected chi connectivity index (χ4v) is 6.32. The molecule has 0 aromatic heterocycles. The molecular formula is C35H58N6O12S. The van der Waals surface area contributed by atoms with Crippen LogP contribution in [0.1, 0.15) is 105 Å². The monoisotopic (exact) mass is 786 g/mol. The zero-order valence-electron chi connectivity index (χ0n) is 31.6. The first kappa shape index (κ1) is 47.6. The molecule has 7 atom stereocenters. The lowest BCUT2D eigenvalue weighted by Gasteiger charge is -2.31. The minimum Gasteiger partial charge on any atom is -0.481 e. The number of carboxylic acid groups (broad SMARTS) is 3. The first-order valence-corrected chi connectivity index (χ1v) is 19.0. The predicted octanol–water partition coefficient (Wildman–Crippen LogP) is 0.332. The summed E-state index contributed by atoms with van der Waals surface area (Å²) in [6.07, 6.45) is 3.47. The maximum Gasteiger partial charge on any atom is 0.327 e. The molecule has 9 N–H and O–H groups in total. The van der Waals surface area contributed by atoms with Crippen LogP contribution in [-0.2, 0) is 43.2 Å². The number of rotatable bonds is 24. The highest BCUT2D eigenvalue weighted by molar-refractivity contribution is 7.80. The molecule has 306 valence electrons. The summed E-state index contributed by atoms with van der Waals surface area (Å²) in [6, 6.07) is -8.04. The Labute approximate surface area is 320 Å². The molecule has 1 aliphatic carbocycles. The summed E-state index contributed by atoms with van der Waals surface area (Å²) >= 11 is 4.01. The smallest absolute Gasteiger partial charge is 0.327 e. The summed E-state index contributed by atoms with van der Waals surface area (Å²) in [4.78, 5) is 114. The van der Waals surface area contributed by atoms with Crippen LogP contribution in [0.5, 0.6) is 0 Å². The molecule has 0 bridgehead atoms. The highest BCUT2D eigenvalue weighted by atomic mass is 32.1. The number of carbonyl (C=O) groups is 9. The molecule has 19 heteroatoms.